The molecule has 0 saturated carbocycles. The zero-order valence-electron chi connectivity index (χ0n) is 6.32. The van der Waals surface area contributed by atoms with Crippen LogP contribution in [0, 0.1) is 11.3 Å². The number of nitrogens with one attached hydrogen (secondary N) is 1. The van der Waals surface area contributed by atoms with Gasteiger partial charge in [0.05, 0.1) is 6.07 Å². The topological polar surface area (TPSA) is 35.8 Å². The molecule has 0 rings (SSSR count). The number of halogens is 3. The Bertz CT molecular complexity index is 152. The number of alkyl halides is 3. The maximum absolute atomic E-state index is 11.5. The van der Waals surface area contributed by atoms with Crippen LogP contribution in [-0.2, 0) is 0 Å². The monoisotopic (exact) mass is 198 g/mol. The van der Waals surface area contributed by atoms with Gasteiger partial charge in [-0.05, 0) is 11.8 Å². The summed E-state index contributed by atoms with van der Waals surface area (Å²) in [5, 5.41) is 10.8. The average Bonchev–Trinajstić information content (AvgIpc) is 1.94. The van der Waals surface area contributed by atoms with Crippen LogP contribution in [0.4, 0.5) is 13.2 Å². The molecule has 0 aliphatic rings. The van der Waals surface area contributed by atoms with Crippen LogP contribution in [0.3, 0.4) is 0 Å². The molecule has 0 unspecified atom stereocenters. The third kappa shape index (κ3) is 9.59. The summed E-state index contributed by atoms with van der Waals surface area (Å²) in [6, 6.07) is 1.88. The highest BCUT2D eigenvalue weighted by molar-refractivity contribution is 8.00. The largest absolute Gasteiger partial charge is 0.441 e. The van der Waals surface area contributed by atoms with Gasteiger partial charge in [-0.2, -0.15) is 18.4 Å². The van der Waals surface area contributed by atoms with Crippen molar-refractivity contribution >= 4 is 11.8 Å². The maximum Gasteiger partial charge on any atom is 0.441 e. The predicted octanol–water partition coefficient (Wildman–Crippen LogP) is 1.74. The van der Waals surface area contributed by atoms with E-state index in [2.05, 4.69) is 5.32 Å². The lowest BCUT2D eigenvalue weighted by molar-refractivity contribution is -0.0327. The molecule has 0 atom stereocenters. The lowest BCUT2D eigenvalue weighted by Crippen LogP contribution is -2.19. The van der Waals surface area contributed by atoms with Gasteiger partial charge in [0.1, 0.15) is 0 Å². The summed E-state index contributed by atoms with van der Waals surface area (Å²) in [6.45, 7) is 0.737. The molecule has 0 aliphatic carbocycles. The van der Waals surface area contributed by atoms with Crippen molar-refractivity contribution in [3.05, 3.63) is 0 Å². The van der Waals surface area contributed by atoms with Crippen molar-refractivity contribution in [2.24, 2.45) is 0 Å². The van der Waals surface area contributed by atoms with E-state index in [9.17, 15) is 13.2 Å². The van der Waals surface area contributed by atoms with E-state index in [0.29, 0.717) is 13.0 Å². The molecular formula is C6H9F3N2S. The molecule has 0 saturated heterocycles. The first kappa shape index (κ1) is 11.6. The van der Waals surface area contributed by atoms with Crippen LogP contribution in [0.5, 0.6) is 0 Å². The molecule has 1 N–H and O–H groups in total. The number of thioether (sulfide) groups is 1. The minimum Gasteiger partial charge on any atom is -0.315 e. The molecular weight excluding hydrogens is 189 g/mol. The molecule has 12 heavy (non-hydrogen) atoms. The Morgan fingerprint density at radius 2 is 2.00 bits per heavy atom. The van der Waals surface area contributed by atoms with Crippen LogP contribution in [0.25, 0.3) is 0 Å². The van der Waals surface area contributed by atoms with Crippen molar-refractivity contribution in [1.29, 1.82) is 5.26 Å². The van der Waals surface area contributed by atoms with Gasteiger partial charge >= 0.3 is 5.51 Å². The second kappa shape index (κ2) is 6.14. The maximum atomic E-state index is 11.5. The molecule has 0 aromatic carbocycles. The summed E-state index contributed by atoms with van der Waals surface area (Å²) in [5.41, 5.74) is -4.14. The predicted molar refractivity (Wildman–Crippen MR) is 41.6 cm³/mol. The fraction of sp³-hybridized carbons (Fsp3) is 0.833. The highest BCUT2D eigenvalue weighted by Crippen LogP contribution is 2.29. The SMILES string of the molecule is N#CCCNCCSC(F)(F)F. The lowest BCUT2D eigenvalue weighted by Gasteiger charge is -2.05. The van der Waals surface area contributed by atoms with Crippen molar-refractivity contribution in [2.45, 2.75) is 11.9 Å². The van der Waals surface area contributed by atoms with Crippen molar-refractivity contribution in [3.8, 4) is 6.07 Å². The normalized spacial score (nSPS) is 11.2. The zero-order valence-corrected chi connectivity index (χ0v) is 7.13. The first-order valence-electron chi connectivity index (χ1n) is 3.34. The molecule has 2 nitrogen and oxygen atoms in total. The lowest BCUT2D eigenvalue weighted by atomic mass is 10.5. The van der Waals surface area contributed by atoms with Gasteiger partial charge in [-0.1, -0.05) is 0 Å². The van der Waals surface area contributed by atoms with Crippen LogP contribution < -0.4 is 5.32 Å². The summed E-state index contributed by atoms with van der Waals surface area (Å²) in [7, 11) is 0. The molecule has 0 amide bonds. The van der Waals surface area contributed by atoms with Crippen molar-refractivity contribution in [2.75, 3.05) is 18.8 Å². The Morgan fingerprint density at radius 1 is 1.33 bits per heavy atom. The zero-order chi connectivity index (χ0) is 9.45. The van der Waals surface area contributed by atoms with Gasteiger partial charge in [0, 0.05) is 25.3 Å². The average molecular weight is 198 g/mol. The number of rotatable bonds is 5. The summed E-state index contributed by atoms with van der Waals surface area (Å²) >= 11 is -0.0538. The van der Waals surface area contributed by atoms with Crippen LogP contribution in [-0.4, -0.2) is 24.4 Å². The van der Waals surface area contributed by atoms with E-state index in [-0.39, 0.29) is 24.1 Å². The van der Waals surface area contributed by atoms with Crippen LogP contribution in [0.2, 0.25) is 0 Å². The van der Waals surface area contributed by atoms with Gasteiger partial charge in [0.25, 0.3) is 0 Å². The summed E-state index contributed by atoms with van der Waals surface area (Å²) in [4.78, 5) is 0. The van der Waals surface area contributed by atoms with E-state index >= 15 is 0 Å². The van der Waals surface area contributed by atoms with Crippen molar-refractivity contribution in [1.82, 2.24) is 5.32 Å². The molecule has 0 spiro atoms. The van der Waals surface area contributed by atoms with Crippen molar-refractivity contribution in [3.63, 3.8) is 0 Å². The molecule has 0 aromatic heterocycles. The van der Waals surface area contributed by atoms with Gasteiger partial charge in [0.15, 0.2) is 0 Å². The highest BCUT2D eigenvalue weighted by Gasteiger charge is 2.27. The van der Waals surface area contributed by atoms with Gasteiger partial charge in [-0.15, -0.1) is 0 Å². The molecule has 0 aliphatic heterocycles. The Hall–Kier alpha value is -0.410. The standard InChI is InChI=1S/C6H9F3N2S/c7-6(8,9)12-5-4-11-3-1-2-10/h11H,1,3-5H2. The number of hydrogen-bond acceptors (Lipinski definition) is 3. The Labute approximate surface area is 73.1 Å². The van der Waals surface area contributed by atoms with E-state index < -0.39 is 5.51 Å². The first-order valence-corrected chi connectivity index (χ1v) is 4.33. The molecule has 0 radical (unpaired) electrons. The minimum absolute atomic E-state index is 0.00503. The van der Waals surface area contributed by atoms with Crippen LogP contribution >= 0.6 is 11.8 Å². The van der Waals surface area contributed by atoms with E-state index in [1.165, 1.54) is 0 Å². The second-order valence-electron chi connectivity index (χ2n) is 1.95. The summed E-state index contributed by atoms with van der Waals surface area (Å²) in [5.74, 6) is -0.00503. The molecule has 6 heteroatoms. The molecule has 0 aromatic rings. The van der Waals surface area contributed by atoms with Gasteiger partial charge in [0.2, 0.25) is 0 Å². The summed E-state index contributed by atoms with van der Waals surface area (Å²) in [6.07, 6.45) is 0.330. The Balaban J connectivity index is 3.07. The van der Waals surface area contributed by atoms with Gasteiger partial charge in [-0.3, -0.25) is 0 Å². The van der Waals surface area contributed by atoms with Gasteiger partial charge < -0.3 is 5.32 Å². The Kier molecular flexibility index (Phi) is 5.93. The van der Waals surface area contributed by atoms with Gasteiger partial charge in [-0.25, -0.2) is 0 Å². The van der Waals surface area contributed by atoms with E-state index in [1.54, 1.807) is 0 Å². The van der Waals surface area contributed by atoms with E-state index in [0.717, 1.165) is 0 Å². The molecule has 0 heterocycles. The molecule has 70 valence electrons. The second-order valence-corrected chi connectivity index (χ2v) is 3.11. The van der Waals surface area contributed by atoms with E-state index in [4.69, 9.17) is 5.26 Å². The fourth-order valence-corrected chi connectivity index (χ4v) is 0.986. The summed E-state index contributed by atoms with van der Waals surface area (Å²) < 4.78 is 34.5. The van der Waals surface area contributed by atoms with Crippen molar-refractivity contribution < 1.29 is 13.2 Å². The van der Waals surface area contributed by atoms with Crippen LogP contribution in [0.15, 0.2) is 0 Å². The van der Waals surface area contributed by atoms with E-state index in [1.807, 2.05) is 6.07 Å². The highest BCUT2D eigenvalue weighted by atomic mass is 32.2. The smallest absolute Gasteiger partial charge is 0.315 e. The third-order valence-electron chi connectivity index (χ3n) is 0.958. The fourth-order valence-electron chi connectivity index (χ4n) is 0.508. The first-order chi connectivity index (χ1) is 5.56. The Morgan fingerprint density at radius 3 is 2.50 bits per heavy atom. The molecule has 0 fully saturated rings. The quantitative estimate of drug-likeness (QED) is 0.683. The number of nitriles is 1. The molecule has 0 bridgehead atoms. The number of hydrogen-bond donors (Lipinski definition) is 1. The third-order valence-corrected chi connectivity index (χ3v) is 1.69. The van der Waals surface area contributed by atoms with Crippen LogP contribution in [0.1, 0.15) is 6.42 Å². The number of nitrogens with zero attached hydrogens (tertiary/aromatic N) is 1. The minimum atomic E-state index is -4.14.